The Hall–Kier alpha value is -2.62. The van der Waals surface area contributed by atoms with Gasteiger partial charge in [0.2, 0.25) is 0 Å². The Morgan fingerprint density at radius 3 is 2.58 bits per heavy atom. The van der Waals surface area contributed by atoms with E-state index in [1.165, 1.54) is 12.3 Å². The lowest BCUT2D eigenvalue weighted by molar-refractivity contribution is 0.103. The Morgan fingerprint density at radius 2 is 1.74 bits per heavy atom. The lowest BCUT2D eigenvalue weighted by Crippen LogP contribution is -2.05. The van der Waals surface area contributed by atoms with Crippen LogP contribution in [-0.2, 0) is 0 Å². The summed E-state index contributed by atoms with van der Waals surface area (Å²) in [7, 11) is 0. The summed E-state index contributed by atoms with van der Waals surface area (Å²) >= 11 is 0. The first-order valence-electron chi connectivity index (χ1n) is 5.74. The van der Waals surface area contributed by atoms with Crippen molar-refractivity contribution >= 4 is 16.6 Å². The molecule has 0 saturated carbocycles. The molecule has 4 heteroatoms. The van der Waals surface area contributed by atoms with Crippen molar-refractivity contribution in [3.05, 3.63) is 72.1 Å². The number of carbonyl (C=O) groups is 1. The smallest absolute Gasteiger partial charge is 0.196 e. The van der Waals surface area contributed by atoms with Crippen LogP contribution in [0, 0.1) is 5.82 Å². The number of pyridine rings is 2. The van der Waals surface area contributed by atoms with Crippen LogP contribution in [0.4, 0.5) is 4.39 Å². The topological polar surface area (TPSA) is 42.9 Å². The monoisotopic (exact) mass is 252 g/mol. The number of ketones is 1. The van der Waals surface area contributed by atoms with Gasteiger partial charge in [-0.25, -0.2) is 4.39 Å². The van der Waals surface area contributed by atoms with Gasteiger partial charge in [0.1, 0.15) is 0 Å². The molecule has 1 aromatic carbocycles. The quantitative estimate of drug-likeness (QED) is 0.658. The highest BCUT2D eigenvalue weighted by molar-refractivity contribution is 6.16. The van der Waals surface area contributed by atoms with Crippen LogP contribution in [0.5, 0.6) is 0 Å². The zero-order valence-corrected chi connectivity index (χ0v) is 9.88. The van der Waals surface area contributed by atoms with E-state index in [0.717, 1.165) is 17.0 Å². The van der Waals surface area contributed by atoms with Crippen LogP contribution in [0.2, 0.25) is 0 Å². The van der Waals surface area contributed by atoms with Crippen LogP contribution in [0.1, 0.15) is 15.9 Å². The SMILES string of the molecule is O=C(c1ccncc1F)c1cccc2cnccc12. The Bertz CT molecular complexity index is 765. The van der Waals surface area contributed by atoms with Crippen molar-refractivity contribution in [3.63, 3.8) is 0 Å². The fourth-order valence-electron chi connectivity index (χ4n) is 2.02. The molecule has 0 aliphatic rings. The van der Waals surface area contributed by atoms with Crippen molar-refractivity contribution in [2.45, 2.75) is 0 Å². The highest BCUT2D eigenvalue weighted by Gasteiger charge is 2.15. The first kappa shape index (κ1) is 11.5. The van der Waals surface area contributed by atoms with Gasteiger partial charge in [0.05, 0.1) is 11.8 Å². The van der Waals surface area contributed by atoms with Crippen LogP contribution in [0.15, 0.2) is 55.1 Å². The lowest BCUT2D eigenvalue weighted by atomic mass is 9.99. The van der Waals surface area contributed by atoms with E-state index in [0.29, 0.717) is 5.56 Å². The van der Waals surface area contributed by atoms with Gasteiger partial charge in [-0.2, -0.15) is 0 Å². The van der Waals surface area contributed by atoms with Gasteiger partial charge in [0.25, 0.3) is 0 Å². The maximum Gasteiger partial charge on any atom is 0.196 e. The third-order valence-corrected chi connectivity index (χ3v) is 2.94. The summed E-state index contributed by atoms with van der Waals surface area (Å²) in [6.45, 7) is 0. The highest BCUT2D eigenvalue weighted by Crippen LogP contribution is 2.21. The minimum Gasteiger partial charge on any atom is -0.288 e. The largest absolute Gasteiger partial charge is 0.288 e. The van der Waals surface area contributed by atoms with Crippen molar-refractivity contribution in [2.75, 3.05) is 0 Å². The predicted molar refractivity (Wildman–Crippen MR) is 69.4 cm³/mol. The molecule has 0 aliphatic heterocycles. The molecule has 0 saturated heterocycles. The summed E-state index contributed by atoms with van der Waals surface area (Å²) < 4.78 is 13.6. The molecule has 0 bridgehead atoms. The molecule has 0 N–H and O–H groups in total. The van der Waals surface area contributed by atoms with Gasteiger partial charge in [-0.05, 0) is 17.5 Å². The summed E-state index contributed by atoms with van der Waals surface area (Å²) in [5.74, 6) is -0.963. The number of halogens is 1. The Labute approximate surface area is 108 Å². The normalized spacial score (nSPS) is 10.6. The number of benzene rings is 1. The van der Waals surface area contributed by atoms with Gasteiger partial charge < -0.3 is 0 Å². The van der Waals surface area contributed by atoms with E-state index in [9.17, 15) is 9.18 Å². The lowest BCUT2D eigenvalue weighted by Gasteiger charge is -2.06. The van der Waals surface area contributed by atoms with E-state index in [1.54, 1.807) is 30.6 Å². The molecule has 0 fully saturated rings. The van der Waals surface area contributed by atoms with Gasteiger partial charge in [-0.15, -0.1) is 0 Å². The van der Waals surface area contributed by atoms with Crippen molar-refractivity contribution in [1.29, 1.82) is 0 Å². The highest BCUT2D eigenvalue weighted by atomic mass is 19.1. The van der Waals surface area contributed by atoms with Gasteiger partial charge in [-0.3, -0.25) is 14.8 Å². The number of nitrogens with zero attached hydrogens (tertiary/aromatic N) is 2. The number of rotatable bonds is 2. The maximum atomic E-state index is 13.6. The zero-order chi connectivity index (χ0) is 13.2. The van der Waals surface area contributed by atoms with Gasteiger partial charge in [0.15, 0.2) is 11.6 Å². The summed E-state index contributed by atoms with van der Waals surface area (Å²) in [6, 6.07) is 8.45. The van der Waals surface area contributed by atoms with E-state index in [-0.39, 0.29) is 11.3 Å². The Morgan fingerprint density at radius 1 is 0.947 bits per heavy atom. The van der Waals surface area contributed by atoms with Crippen LogP contribution >= 0.6 is 0 Å². The van der Waals surface area contributed by atoms with Gasteiger partial charge in [0, 0.05) is 29.5 Å². The third kappa shape index (κ3) is 1.97. The first-order chi connectivity index (χ1) is 9.27. The maximum absolute atomic E-state index is 13.6. The van der Waals surface area contributed by atoms with Crippen LogP contribution in [0.25, 0.3) is 10.8 Å². The van der Waals surface area contributed by atoms with Gasteiger partial charge >= 0.3 is 0 Å². The molecule has 0 radical (unpaired) electrons. The molecule has 3 nitrogen and oxygen atoms in total. The number of hydrogen-bond donors (Lipinski definition) is 0. The van der Waals surface area contributed by atoms with E-state index in [2.05, 4.69) is 9.97 Å². The number of aromatic nitrogens is 2. The van der Waals surface area contributed by atoms with E-state index < -0.39 is 5.82 Å². The van der Waals surface area contributed by atoms with Crippen LogP contribution in [0.3, 0.4) is 0 Å². The second-order valence-corrected chi connectivity index (χ2v) is 4.09. The first-order valence-corrected chi connectivity index (χ1v) is 5.74. The summed E-state index contributed by atoms with van der Waals surface area (Å²) in [5, 5.41) is 1.61. The average molecular weight is 252 g/mol. The fraction of sp³-hybridized carbons (Fsp3) is 0. The standard InChI is InChI=1S/C15H9FN2O/c16-14-9-18-7-5-13(14)15(19)12-3-1-2-10-8-17-6-4-11(10)12/h1-9H. The van der Waals surface area contributed by atoms with Gasteiger partial charge in [-0.1, -0.05) is 18.2 Å². The fourth-order valence-corrected chi connectivity index (χ4v) is 2.02. The van der Waals surface area contributed by atoms with E-state index in [4.69, 9.17) is 0 Å². The molecule has 0 aliphatic carbocycles. The summed E-state index contributed by atoms with van der Waals surface area (Å²) in [5.41, 5.74) is 0.490. The number of hydrogen-bond acceptors (Lipinski definition) is 3. The molecule has 0 atom stereocenters. The van der Waals surface area contributed by atoms with E-state index in [1.807, 2.05) is 6.07 Å². The molecule has 3 aromatic rings. The molecule has 0 spiro atoms. The molecule has 0 unspecified atom stereocenters. The molecule has 2 aromatic heterocycles. The van der Waals surface area contributed by atoms with Crippen molar-refractivity contribution < 1.29 is 9.18 Å². The zero-order valence-electron chi connectivity index (χ0n) is 9.88. The van der Waals surface area contributed by atoms with Crippen molar-refractivity contribution in [2.24, 2.45) is 0 Å². The van der Waals surface area contributed by atoms with Crippen LogP contribution < -0.4 is 0 Å². The molecular formula is C15H9FN2O. The average Bonchev–Trinajstić information content (AvgIpc) is 2.46. The van der Waals surface area contributed by atoms with Crippen LogP contribution in [-0.4, -0.2) is 15.8 Å². The number of fused-ring (bicyclic) bond motifs is 1. The van der Waals surface area contributed by atoms with E-state index >= 15 is 0 Å². The molecule has 3 rings (SSSR count). The van der Waals surface area contributed by atoms with Crippen molar-refractivity contribution in [3.8, 4) is 0 Å². The molecular weight excluding hydrogens is 243 g/mol. The molecule has 0 amide bonds. The Kier molecular flexibility index (Phi) is 2.76. The second kappa shape index (κ2) is 4.57. The summed E-state index contributed by atoms with van der Waals surface area (Å²) in [6.07, 6.45) is 5.74. The van der Waals surface area contributed by atoms with Crippen molar-refractivity contribution in [1.82, 2.24) is 9.97 Å². The molecule has 19 heavy (non-hydrogen) atoms. The molecule has 2 heterocycles. The minimum atomic E-state index is -0.612. The third-order valence-electron chi connectivity index (χ3n) is 2.94. The Balaban J connectivity index is 2.20. The number of carbonyl (C=O) groups excluding carboxylic acids is 1. The second-order valence-electron chi connectivity index (χ2n) is 4.09. The summed E-state index contributed by atoms with van der Waals surface area (Å²) in [4.78, 5) is 20.0. The molecule has 92 valence electrons. The minimum absolute atomic E-state index is 0.0271. The predicted octanol–water partition coefficient (Wildman–Crippen LogP) is 3.00.